The van der Waals surface area contributed by atoms with Crippen molar-refractivity contribution in [3.63, 3.8) is 0 Å². The molecule has 0 radical (unpaired) electrons. The fraction of sp³-hybridized carbons (Fsp3) is 0.0588. The zero-order chi connectivity index (χ0) is 15.4. The van der Waals surface area contributed by atoms with Crippen molar-refractivity contribution in [2.24, 2.45) is 0 Å². The zero-order valence-corrected chi connectivity index (χ0v) is 11.6. The summed E-state index contributed by atoms with van der Waals surface area (Å²) < 4.78 is 18.3. The van der Waals surface area contributed by atoms with Crippen molar-refractivity contribution in [1.82, 2.24) is 4.98 Å². The first-order valence-electron chi connectivity index (χ1n) is 6.74. The SMILES string of the molecule is O=C(Cc1cccc(F)c1)Nc1ccc(-c2cnco2)cc1. The monoisotopic (exact) mass is 296 g/mol. The van der Waals surface area contributed by atoms with Crippen LogP contribution in [0.2, 0.25) is 0 Å². The third-order valence-corrected chi connectivity index (χ3v) is 3.14. The van der Waals surface area contributed by atoms with Crippen LogP contribution in [-0.2, 0) is 11.2 Å². The minimum Gasteiger partial charge on any atom is -0.444 e. The van der Waals surface area contributed by atoms with Crippen molar-refractivity contribution in [2.45, 2.75) is 6.42 Å². The van der Waals surface area contributed by atoms with Gasteiger partial charge in [-0.1, -0.05) is 12.1 Å². The summed E-state index contributed by atoms with van der Waals surface area (Å²) in [5, 5.41) is 2.77. The van der Waals surface area contributed by atoms with Gasteiger partial charge in [0.15, 0.2) is 12.2 Å². The second kappa shape index (κ2) is 6.22. The van der Waals surface area contributed by atoms with E-state index >= 15 is 0 Å². The molecule has 22 heavy (non-hydrogen) atoms. The highest BCUT2D eigenvalue weighted by atomic mass is 19.1. The molecule has 0 saturated carbocycles. The molecule has 0 saturated heterocycles. The van der Waals surface area contributed by atoms with E-state index in [4.69, 9.17) is 4.42 Å². The summed E-state index contributed by atoms with van der Waals surface area (Å²) in [5.74, 6) is 0.123. The maximum atomic E-state index is 13.1. The molecule has 0 aliphatic rings. The first-order valence-corrected chi connectivity index (χ1v) is 6.74. The molecule has 1 amide bonds. The smallest absolute Gasteiger partial charge is 0.228 e. The van der Waals surface area contributed by atoms with Crippen molar-refractivity contribution < 1.29 is 13.6 Å². The third kappa shape index (κ3) is 3.38. The molecule has 5 heteroatoms. The van der Waals surface area contributed by atoms with Gasteiger partial charge in [-0.25, -0.2) is 9.37 Å². The van der Waals surface area contributed by atoms with Gasteiger partial charge in [-0.05, 0) is 42.0 Å². The topological polar surface area (TPSA) is 55.1 Å². The van der Waals surface area contributed by atoms with Gasteiger partial charge in [-0.2, -0.15) is 0 Å². The summed E-state index contributed by atoms with van der Waals surface area (Å²) in [5.41, 5.74) is 2.18. The second-order valence-electron chi connectivity index (χ2n) is 4.80. The Morgan fingerprint density at radius 2 is 2.00 bits per heavy atom. The molecule has 0 spiro atoms. The number of halogens is 1. The number of oxazole rings is 1. The Morgan fingerprint density at radius 3 is 2.68 bits per heavy atom. The summed E-state index contributed by atoms with van der Waals surface area (Å²) in [4.78, 5) is 15.8. The van der Waals surface area contributed by atoms with Crippen LogP contribution in [0.15, 0.2) is 65.5 Å². The van der Waals surface area contributed by atoms with Gasteiger partial charge in [0.25, 0.3) is 0 Å². The number of carbonyl (C=O) groups excluding carboxylic acids is 1. The van der Waals surface area contributed by atoms with Crippen LogP contribution in [0, 0.1) is 5.82 Å². The molecule has 3 aromatic rings. The number of hydrogen-bond donors (Lipinski definition) is 1. The predicted octanol–water partition coefficient (Wildman–Crippen LogP) is 3.66. The molecular formula is C17H13FN2O2. The quantitative estimate of drug-likeness (QED) is 0.799. The van der Waals surface area contributed by atoms with E-state index in [0.29, 0.717) is 17.0 Å². The summed E-state index contributed by atoms with van der Waals surface area (Å²) in [7, 11) is 0. The van der Waals surface area contributed by atoms with Gasteiger partial charge in [0.05, 0.1) is 12.6 Å². The first kappa shape index (κ1) is 14.0. The lowest BCUT2D eigenvalue weighted by Crippen LogP contribution is -2.14. The van der Waals surface area contributed by atoms with Gasteiger partial charge in [-0.3, -0.25) is 4.79 Å². The predicted molar refractivity (Wildman–Crippen MR) is 80.7 cm³/mol. The van der Waals surface area contributed by atoms with E-state index in [-0.39, 0.29) is 18.1 Å². The molecular weight excluding hydrogens is 283 g/mol. The van der Waals surface area contributed by atoms with Crippen molar-refractivity contribution in [3.8, 4) is 11.3 Å². The largest absolute Gasteiger partial charge is 0.444 e. The molecule has 3 rings (SSSR count). The van der Waals surface area contributed by atoms with Gasteiger partial charge in [0, 0.05) is 11.3 Å². The van der Waals surface area contributed by atoms with Crippen LogP contribution in [0.25, 0.3) is 11.3 Å². The number of carbonyl (C=O) groups is 1. The average Bonchev–Trinajstić information content (AvgIpc) is 3.02. The van der Waals surface area contributed by atoms with Crippen LogP contribution in [0.5, 0.6) is 0 Å². The normalized spacial score (nSPS) is 10.4. The Kier molecular flexibility index (Phi) is 3.96. The van der Waals surface area contributed by atoms with E-state index in [1.54, 1.807) is 30.5 Å². The standard InChI is InChI=1S/C17H13FN2O2/c18-14-3-1-2-12(8-14)9-17(21)20-15-6-4-13(5-7-15)16-10-19-11-22-16/h1-8,10-11H,9H2,(H,20,21). The number of aromatic nitrogens is 1. The fourth-order valence-corrected chi connectivity index (χ4v) is 2.11. The Labute approximate surface area is 126 Å². The van der Waals surface area contributed by atoms with E-state index in [1.165, 1.54) is 18.5 Å². The lowest BCUT2D eigenvalue weighted by atomic mass is 10.1. The maximum absolute atomic E-state index is 13.1. The molecule has 110 valence electrons. The van der Waals surface area contributed by atoms with E-state index in [0.717, 1.165) is 5.56 Å². The van der Waals surface area contributed by atoms with E-state index in [9.17, 15) is 9.18 Å². The molecule has 2 aromatic carbocycles. The van der Waals surface area contributed by atoms with Crippen LogP contribution in [0.1, 0.15) is 5.56 Å². The number of nitrogens with one attached hydrogen (secondary N) is 1. The zero-order valence-electron chi connectivity index (χ0n) is 11.6. The van der Waals surface area contributed by atoms with Crippen LogP contribution in [0.4, 0.5) is 10.1 Å². The number of hydrogen-bond acceptors (Lipinski definition) is 3. The van der Waals surface area contributed by atoms with E-state index < -0.39 is 0 Å². The highest BCUT2D eigenvalue weighted by molar-refractivity contribution is 5.92. The highest BCUT2D eigenvalue weighted by Crippen LogP contribution is 2.20. The van der Waals surface area contributed by atoms with Crippen LogP contribution in [-0.4, -0.2) is 10.9 Å². The molecule has 1 N–H and O–H groups in total. The number of rotatable bonds is 4. The van der Waals surface area contributed by atoms with Crippen LogP contribution in [0.3, 0.4) is 0 Å². The minimum absolute atomic E-state index is 0.127. The van der Waals surface area contributed by atoms with Crippen molar-refractivity contribution >= 4 is 11.6 Å². The summed E-state index contributed by atoms with van der Waals surface area (Å²) in [6.07, 6.45) is 3.11. The van der Waals surface area contributed by atoms with Crippen molar-refractivity contribution in [1.29, 1.82) is 0 Å². The fourth-order valence-electron chi connectivity index (χ4n) is 2.11. The van der Waals surface area contributed by atoms with Crippen LogP contribution >= 0.6 is 0 Å². The Balaban J connectivity index is 1.64. The van der Waals surface area contributed by atoms with Crippen molar-refractivity contribution in [3.05, 3.63) is 72.5 Å². The number of amides is 1. The van der Waals surface area contributed by atoms with E-state index in [2.05, 4.69) is 10.3 Å². The molecule has 0 unspecified atom stereocenters. The van der Waals surface area contributed by atoms with Crippen LogP contribution < -0.4 is 5.32 Å². The number of anilines is 1. The third-order valence-electron chi connectivity index (χ3n) is 3.14. The number of benzene rings is 2. The van der Waals surface area contributed by atoms with E-state index in [1.807, 2.05) is 12.1 Å². The first-order chi connectivity index (χ1) is 10.7. The second-order valence-corrected chi connectivity index (χ2v) is 4.80. The summed E-state index contributed by atoms with van der Waals surface area (Å²) in [6, 6.07) is 13.2. The molecule has 0 fully saturated rings. The molecule has 0 bridgehead atoms. The van der Waals surface area contributed by atoms with Gasteiger partial charge >= 0.3 is 0 Å². The van der Waals surface area contributed by atoms with Gasteiger partial charge < -0.3 is 9.73 Å². The summed E-state index contributed by atoms with van der Waals surface area (Å²) >= 11 is 0. The molecule has 0 aliphatic carbocycles. The Bertz CT molecular complexity index is 768. The number of nitrogens with zero attached hydrogens (tertiary/aromatic N) is 1. The molecule has 1 heterocycles. The Morgan fingerprint density at radius 1 is 1.18 bits per heavy atom. The summed E-state index contributed by atoms with van der Waals surface area (Å²) in [6.45, 7) is 0. The van der Waals surface area contributed by atoms with Crippen molar-refractivity contribution in [2.75, 3.05) is 5.32 Å². The molecule has 1 aromatic heterocycles. The molecule has 4 nitrogen and oxygen atoms in total. The van der Waals surface area contributed by atoms with Gasteiger partial charge in [0.2, 0.25) is 5.91 Å². The minimum atomic E-state index is -0.346. The maximum Gasteiger partial charge on any atom is 0.228 e. The lowest BCUT2D eigenvalue weighted by molar-refractivity contribution is -0.115. The highest BCUT2D eigenvalue weighted by Gasteiger charge is 2.06. The van der Waals surface area contributed by atoms with Gasteiger partial charge in [0.1, 0.15) is 5.82 Å². The lowest BCUT2D eigenvalue weighted by Gasteiger charge is -2.06. The average molecular weight is 296 g/mol. The molecule has 0 aliphatic heterocycles. The molecule has 0 atom stereocenters. The van der Waals surface area contributed by atoms with Gasteiger partial charge in [-0.15, -0.1) is 0 Å². The Hall–Kier alpha value is -2.95.